The molecule has 1 heterocycles. The Bertz CT molecular complexity index is 482. The first-order chi connectivity index (χ1) is 6.70. The summed E-state index contributed by atoms with van der Waals surface area (Å²) in [5.41, 5.74) is 1.24. The Balaban J connectivity index is 2.56. The Kier molecular flexibility index (Phi) is 2.38. The first-order valence-electron chi connectivity index (χ1n) is 4.74. The van der Waals surface area contributed by atoms with Crippen LogP contribution in [0.2, 0.25) is 0 Å². The number of thiophene rings is 1. The number of ketones is 1. The summed E-state index contributed by atoms with van der Waals surface area (Å²) in [4.78, 5) is 12.4. The lowest BCUT2D eigenvalue weighted by atomic mass is 10.1. The summed E-state index contributed by atoms with van der Waals surface area (Å²) in [7, 11) is 0. The van der Waals surface area contributed by atoms with Gasteiger partial charge in [0.25, 0.3) is 0 Å². The van der Waals surface area contributed by atoms with Crippen LogP contribution in [0.5, 0.6) is 0 Å². The van der Waals surface area contributed by atoms with E-state index in [1.54, 1.807) is 11.3 Å². The van der Waals surface area contributed by atoms with Crippen LogP contribution in [0.1, 0.15) is 28.6 Å². The summed E-state index contributed by atoms with van der Waals surface area (Å²) in [6, 6.07) is 8.29. The van der Waals surface area contributed by atoms with Gasteiger partial charge in [-0.05, 0) is 24.4 Å². The lowest BCUT2D eigenvalue weighted by Gasteiger charge is -1.89. The Labute approximate surface area is 87.4 Å². The van der Waals surface area contributed by atoms with Gasteiger partial charge in [0, 0.05) is 11.1 Å². The average molecular weight is 204 g/mol. The zero-order chi connectivity index (χ0) is 10.1. The van der Waals surface area contributed by atoms with E-state index in [-0.39, 0.29) is 5.78 Å². The number of carbonyl (C=O) groups is 1. The van der Waals surface area contributed by atoms with Crippen molar-refractivity contribution in [2.75, 3.05) is 0 Å². The molecule has 0 radical (unpaired) electrons. The molecule has 2 aromatic rings. The van der Waals surface area contributed by atoms with Crippen LogP contribution in [0.25, 0.3) is 10.1 Å². The summed E-state index contributed by atoms with van der Waals surface area (Å²) >= 11 is 1.59. The van der Waals surface area contributed by atoms with Gasteiger partial charge in [-0.25, -0.2) is 0 Å². The molecule has 2 heteroatoms. The molecular weight excluding hydrogens is 192 g/mol. The van der Waals surface area contributed by atoms with E-state index >= 15 is 0 Å². The average Bonchev–Trinajstić information content (AvgIpc) is 2.59. The van der Waals surface area contributed by atoms with Crippen molar-refractivity contribution < 1.29 is 4.79 Å². The standard InChI is InChI=1S/C12H12OS/c1-3-10(13)12-7-9-6-8(2)4-5-11(9)14-12/h4-7H,3H2,1-2H3. The third-order valence-electron chi connectivity index (χ3n) is 2.27. The minimum absolute atomic E-state index is 0.240. The highest BCUT2D eigenvalue weighted by molar-refractivity contribution is 7.20. The molecule has 0 aliphatic rings. The van der Waals surface area contributed by atoms with E-state index in [2.05, 4.69) is 25.1 Å². The molecule has 0 aliphatic heterocycles. The third kappa shape index (κ3) is 1.58. The highest BCUT2D eigenvalue weighted by Gasteiger charge is 2.07. The van der Waals surface area contributed by atoms with Crippen LogP contribution < -0.4 is 0 Å². The van der Waals surface area contributed by atoms with E-state index in [1.807, 2.05) is 13.0 Å². The molecular formula is C12H12OS. The van der Waals surface area contributed by atoms with Crippen LogP contribution in [0.15, 0.2) is 24.3 Å². The monoisotopic (exact) mass is 204 g/mol. The summed E-state index contributed by atoms with van der Waals surface area (Å²) in [6.07, 6.45) is 0.589. The van der Waals surface area contributed by atoms with E-state index in [9.17, 15) is 4.79 Å². The van der Waals surface area contributed by atoms with Crippen molar-refractivity contribution >= 4 is 27.2 Å². The van der Waals surface area contributed by atoms with Gasteiger partial charge in [0.2, 0.25) is 0 Å². The van der Waals surface area contributed by atoms with Gasteiger partial charge in [-0.3, -0.25) is 4.79 Å². The maximum absolute atomic E-state index is 11.5. The molecule has 0 saturated carbocycles. The van der Waals surface area contributed by atoms with Crippen molar-refractivity contribution in [3.05, 3.63) is 34.7 Å². The van der Waals surface area contributed by atoms with E-state index in [1.165, 1.54) is 15.6 Å². The van der Waals surface area contributed by atoms with Gasteiger partial charge in [-0.1, -0.05) is 24.6 Å². The summed E-state index contributed by atoms with van der Waals surface area (Å²) in [5.74, 6) is 0.240. The molecule has 0 N–H and O–H groups in total. The van der Waals surface area contributed by atoms with E-state index < -0.39 is 0 Å². The zero-order valence-electron chi connectivity index (χ0n) is 8.33. The fourth-order valence-corrected chi connectivity index (χ4v) is 2.53. The summed E-state index contributed by atoms with van der Waals surface area (Å²) in [5, 5.41) is 1.19. The lowest BCUT2D eigenvalue weighted by Crippen LogP contribution is -1.90. The molecule has 1 nitrogen and oxygen atoms in total. The molecule has 0 fully saturated rings. The first-order valence-corrected chi connectivity index (χ1v) is 5.55. The minimum Gasteiger partial charge on any atom is -0.293 e. The Morgan fingerprint density at radius 3 is 2.86 bits per heavy atom. The van der Waals surface area contributed by atoms with Crippen LogP contribution in [0.3, 0.4) is 0 Å². The summed E-state index contributed by atoms with van der Waals surface area (Å²) in [6.45, 7) is 3.97. The Morgan fingerprint density at radius 2 is 2.14 bits per heavy atom. The smallest absolute Gasteiger partial charge is 0.172 e. The van der Waals surface area contributed by atoms with Crippen molar-refractivity contribution in [1.29, 1.82) is 0 Å². The van der Waals surface area contributed by atoms with E-state index in [0.717, 1.165) is 4.88 Å². The van der Waals surface area contributed by atoms with E-state index in [0.29, 0.717) is 6.42 Å². The maximum Gasteiger partial charge on any atom is 0.172 e. The molecule has 0 atom stereocenters. The normalized spacial score (nSPS) is 10.7. The molecule has 0 spiro atoms. The highest BCUT2D eigenvalue weighted by atomic mass is 32.1. The van der Waals surface area contributed by atoms with E-state index in [4.69, 9.17) is 0 Å². The maximum atomic E-state index is 11.5. The molecule has 0 amide bonds. The molecule has 0 unspecified atom stereocenters. The Hall–Kier alpha value is -1.15. The molecule has 0 aliphatic carbocycles. The van der Waals surface area contributed by atoms with Crippen LogP contribution in [-0.2, 0) is 0 Å². The second kappa shape index (κ2) is 3.54. The van der Waals surface area contributed by atoms with Crippen molar-refractivity contribution in [2.45, 2.75) is 20.3 Å². The quantitative estimate of drug-likeness (QED) is 0.680. The van der Waals surface area contributed by atoms with Gasteiger partial charge >= 0.3 is 0 Å². The lowest BCUT2D eigenvalue weighted by molar-refractivity contribution is 0.0992. The van der Waals surface area contributed by atoms with Gasteiger partial charge in [0.1, 0.15) is 0 Å². The summed E-state index contributed by atoms with van der Waals surface area (Å²) < 4.78 is 1.20. The van der Waals surface area contributed by atoms with Crippen LogP contribution in [-0.4, -0.2) is 5.78 Å². The molecule has 72 valence electrons. The van der Waals surface area contributed by atoms with Crippen molar-refractivity contribution in [1.82, 2.24) is 0 Å². The van der Waals surface area contributed by atoms with Gasteiger partial charge < -0.3 is 0 Å². The Morgan fingerprint density at radius 1 is 1.36 bits per heavy atom. The van der Waals surface area contributed by atoms with Crippen molar-refractivity contribution in [3.8, 4) is 0 Å². The first kappa shape index (κ1) is 9.41. The number of benzene rings is 1. The fraction of sp³-hybridized carbons (Fsp3) is 0.250. The number of fused-ring (bicyclic) bond motifs is 1. The number of aryl methyl sites for hydroxylation is 1. The zero-order valence-corrected chi connectivity index (χ0v) is 9.15. The predicted molar refractivity (Wildman–Crippen MR) is 61.2 cm³/mol. The fourth-order valence-electron chi connectivity index (χ4n) is 1.47. The van der Waals surface area contributed by atoms with Crippen molar-refractivity contribution in [3.63, 3.8) is 0 Å². The van der Waals surface area contributed by atoms with Crippen LogP contribution in [0, 0.1) is 6.92 Å². The molecule has 2 rings (SSSR count). The number of Topliss-reactive ketones (excluding diaryl/α,β-unsaturated/α-hetero) is 1. The predicted octanol–water partition coefficient (Wildman–Crippen LogP) is 3.80. The molecule has 1 aromatic heterocycles. The number of hydrogen-bond acceptors (Lipinski definition) is 2. The van der Waals surface area contributed by atoms with Crippen molar-refractivity contribution in [2.24, 2.45) is 0 Å². The van der Waals surface area contributed by atoms with Gasteiger partial charge in [0.05, 0.1) is 4.88 Å². The molecule has 14 heavy (non-hydrogen) atoms. The van der Waals surface area contributed by atoms with Gasteiger partial charge in [-0.15, -0.1) is 11.3 Å². The van der Waals surface area contributed by atoms with Crippen LogP contribution in [0.4, 0.5) is 0 Å². The third-order valence-corrected chi connectivity index (χ3v) is 3.42. The molecule has 0 saturated heterocycles. The largest absolute Gasteiger partial charge is 0.293 e. The second-order valence-electron chi connectivity index (χ2n) is 3.43. The number of carbonyl (C=O) groups excluding carboxylic acids is 1. The SMILES string of the molecule is CCC(=O)c1cc2cc(C)ccc2s1. The van der Waals surface area contributed by atoms with Gasteiger partial charge in [0.15, 0.2) is 5.78 Å². The van der Waals surface area contributed by atoms with Gasteiger partial charge in [-0.2, -0.15) is 0 Å². The molecule has 1 aromatic carbocycles. The number of hydrogen-bond donors (Lipinski definition) is 0. The second-order valence-corrected chi connectivity index (χ2v) is 4.51. The topological polar surface area (TPSA) is 17.1 Å². The highest BCUT2D eigenvalue weighted by Crippen LogP contribution is 2.27. The molecule has 0 bridgehead atoms. The number of rotatable bonds is 2. The van der Waals surface area contributed by atoms with Crippen LogP contribution >= 0.6 is 11.3 Å². The minimum atomic E-state index is 0.240.